The maximum atomic E-state index is 13.3. The monoisotopic (exact) mass is 243 g/mol. The van der Waals surface area contributed by atoms with Crippen molar-refractivity contribution in [1.82, 2.24) is 3.97 Å². The van der Waals surface area contributed by atoms with Crippen molar-refractivity contribution in [3.63, 3.8) is 0 Å². The Labute approximate surface area is 91.0 Å². The highest BCUT2D eigenvalue weighted by Gasteiger charge is 2.20. The molecule has 1 aromatic carbocycles. The van der Waals surface area contributed by atoms with Gasteiger partial charge in [-0.1, -0.05) is 0 Å². The van der Waals surface area contributed by atoms with Gasteiger partial charge in [0.25, 0.3) is 10.0 Å². The summed E-state index contributed by atoms with van der Waals surface area (Å²) in [5, 5.41) is 0. The average molecular weight is 243 g/mol. The summed E-state index contributed by atoms with van der Waals surface area (Å²) in [5.74, 6) is -1.92. The Morgan fingerprint density at radius 3 is 2.25 bits per heavy atom. The zero-order valence-corrected chi connectivity index (χ0v) is 8.79. The maximum absolute atomic E-state index is 13.3. The number of aromatic nitrogens is 1. The van der Waals surface area contributed by atoms with Crippen molar-refractivity contribution in [2.45, 2.75) is 4.90 Å². The van der Waals surface area contributed by atoms with Crippen LogP contribution in [-0.2, 0) is 10.0 Å². The molecule has 0 amide bonds. The van der Waals surface area contributed by atoms with E-state index >= 15 is 0 Å². The van der Waals surface area contributed by atoms with E-state index in [0.717, 1.165) is 16.1 Å². The minimum Gasteiger partial charge on any atom is -0.249 e. The number of benzene rings is 1. The lowest BCUT2D eigenvalue weighted by atomic mass is 10.3. The summed E-state index contributed by atoms with van der Waals surface area (Å²) in [7, 11) is -3.97. The van der Waals surface area contributed by atoms with Gasteiger partial charge in [0.1, 0.15) is 16.5 Å². The first-order valence-corrected chi connectivity index (χ1v) is 5.79. The molecule has 3 nitrogen and oxygen atoms in total. The van der Waals surface area contributed by atoms with Crippen LogP contribution in [0.2, 0.25) is 0 Å². The van der Waals surface area contributed by atoms with E-state index in [2.05, 4.69) is 0 Å². The van der Waals surface area contributed by atoms with Crippen LogP contribution in [0.4, 0.5) is 8.78 Å². The molecule has 1 aromatic heterocycles. The lowest BCUT2D eigenvalue weighted by Gasteiger charge is -2.06. The van der Waals surface area contributed by atoms with Crippen molar-refractivity contribution in [3.05, 3.63) is 54.4 Å². The molecular formula is C10H7F2NO2S. The molecule has 1 heterocycles. The normalized spacial score (nSPS) is 11.6. The molecule has 0 aliphatic rings. The number of rotatable bonds is 2. The molecule has 0 saturated heterocycles. The molecule has 2 aromatic rings. The summed E-state index contributed by atoms with van der Waals surface area (Å²) < 4.78 is 50.5. The second-order valence-electron chi connectivity index (χ2n) is 3.09. The molecule has 0 aliphatic carbocycles. The van der Waals surface area contributed by atoms with Crippen molar-refractivity contribution in [1.29, 1.82) is 0 Å². The summed E-state index contributed by atoms with van der Waals surface area (Å²) >= 11 is 0. The third-order valence-corrected chi connectivity index (χ3v) is 3.71. The van der Waals surface area contributed by atoms with E-state index in [1.54, 1.807) is 0 Å². The molecule has 0 radical (unpaired) electrons. The molecule has 6 heteroatoms. The van der Waals surface area contributed by atoms with Gasteiger partial charge in [0.15, 0.2) is 0 Å². The number of halogens is 2. The SMILES string of the molecule is O=S(=O)(c1ccc(F)cc1F)n1cccc1. The zero-order chi connectivity index (χ0) is 11.8. The number of hydrogen-bond acceptors (Lipinski definition) is 2. The summed E-state index contributed by atoms with van der Waals surface area (Å²) in [6, 6.07) is 5.34. The molecule has 0 fully saturated rings. The first kappa shape index (κ1) is 10.8. The van der Waals surface area contributed by atoms with Gasteiger partial charge in [-0.05, 0) is 24.3 Å². The van der Waals surface area contributed by atoms with Crippen molar-refractivity contribution in [3.8, 4) is 0 Å². The van der Waals surface area contributed by atoms with E-state index in [1.165, 1.54) is 24.5 Å². The lowest BCUT2D eigenvalue weighted by molar-refractivity contribution is 0.545. The molecule has 0 spiro atoms. The van der Waals surface area contributed by atoms with Crippen LogP contribution >= 0.6 is 0 Å². The quantitative estimate of drug-likeness (QED) is 0.809. The zero-order valence-electron chi connectivity index (χ0n) is 7.97. The van der Waals surface area contributed by atoms with E-state index in [1.807, 2.05) is 0 Å². The van der Waals surface area contributed by atoms with Crippen molar-refractivity contribution in [2.75, 3.05) is 0 Å². The Hall–Kier alpha value is -1.69. The molecule has 0 atom stereocenters. The van der Waals surface area contributed by atoms with Gasteiger partial charge in [-0.15, -0.1) is 0 Å². The number of hydrogen-bond donors (Lipinski definition) is 0. The minimum atomic E-state index is -3.97. The minimum absolute atomic E-state index is 0.538. The van der Waals surface area contributed by atoms with Crippen molar-refractivity contribution < 1.29 is 17.2 Å². The van der Waals surface area contributed by atoms with Crippen LogP contribution in [0.25, 0.3) is 0 Å². The van der Waals surface area contributed by atoms with Crippen LogP contribution in [-0.4, -0.2) is 12.4 Å². The second kappa shape index (κ2) is 3.71. The highest BCUT2D eigenvalue weighted by Crippen LogP contribution is 2.18. The van der Waals surface area contributed by atoms with Gasteiger partial charge in [0.05, 0.1) is 0 Å². The Morgan fingerprint density at radius 1 is 1.06 bits per heavy atom. The van der Waals surface area contributed by atoms with Gasteiger partial charge in [0, 0.05) is 18.5 Å². The van der Waals surface area contributed by atoms with E-state index < -0.39 is 26.6 Å². The Bertz CT molecular complexity index is 606. The fraction of sp³-hybridized carbons (Fsp3) is 0. The Balaban J connectivity index is 2.61. The van der Waals surface area contributed by atoms with Crippen molar-refractivity contribution >= 4 is 10.0 Å². The van der Waals surface area contributed by atoms with Gasteiger partial charge in [-0.25, -0.2) is 21.2 Å². The van der Waals surface area contributed by atoms with Crippen LogP contribution in [0.1, 0.15) is 0 Å². The molecule has 16 heavy (non-hydrogen) atoms. The molecule has 2 rings (SSSR count). The van der Waals surface area contributed by atoms with E-state index in [9.17, 15) is 17.2 Å². The van der Waals surface area contributed by atoms with Gasteiger partial charge in [0.2, 0.25) is 0 Å². The van der Waals surface area contributed by atoms with Gasteiger partial charge in [-0.3, -0.25) is 0 Å². The summed E-state index contributed by atoms with van der Waals surface area (Å²) in [5.41, 5.74) is 0. The van der Waals surface area contributed by atoms with Crippen LogP contribution in [0.15, 0.2) is 47.6 Å². The van der Waals surface area contributed by atoms with Crippen LogP contribution in [0.3, 0.4) is 0 Å². The Morgan fingerprint density at radius 2 is 1.69 bits per heavy atom. The van der Waals surface area contributed by atoms with Crippen LogP contribution in [0.5, 0.6) is 0 Å². The summed E-state index contributed by atoms with van der Waals surface area (Å²) in [6.07, 6.45) is 2.55. The lowest BCUT2D eigenvalue weighted by Crippen LogP contribution is -2.12. The molecule has 84 valence electrons. The maximum Gasteiger partial charge on any atom is 0.270 e. The van der Waals surface area contributed by atoms with Crippen LogP contribution < -0.4 is 0 Å². The largest absolute Gasteiger partial charge is 0.270 e. The van der Waals surface area contributed by atoms with E-state index in [4.69, 9.17) is 0 Å². The topological polar surface area (TPSA) is 39.1 Å². The van der Waals surface area contributed by atoms with E-state index in [-0.39, 0.29) is 0 Å². The summed E-state index contributed by atoms with van der Waals surface area (Å²) in [6.45, 7) is 0. The third kappa shape index (κ3) is 1.71. The first-order chi connectivity index (χ1) is 7.51. The fourth-order valence-electron chi connectivity index (χ4n) is 1.28. The molecule has 0 bridgehead atoms. The first-order valence-electron chi connectivity index (χ1n) is 4.35. The van der Waals surface area contributed by atoms with Gasteiger partial charge >= 0.3 is 0 Å². The predicted octanol–water partition coefficient (Wildman–Crippen LogP) is 2.00. The predicted molar refractivity (Wildman–Crippen MR) is 53.4 cm³/mol. The average Bonchev–Trinajstić information content (AvgIpc) is 2.69. The van der Waals surface area contributed by atoms with E-state index in [0.29, 0.717) is 6.07 Å². The Kier molecular flexibility index (Phi) is 2.51. The highest BCUT2D eigenvalue weighted by molar-refractivity contribution is 7.90. The third-order valence-electron chi connectivity index (χ3n) is 2.03. The molecule has 0 aliphatic heterocycles. The smallest absolute Gasteiger partial charge is 0.249 e. The van der Waals surface area contributed by atoms with Gasteiger partial charge < -0.3 is 0 Å². The molecule has 0 N–H and O–H groups in total. The standard InChI is InChI=1S/C10H7F2NO2S/c11-8-3-4-10(9(12)7-8)16(14,15)13-5-1-2-6-13/h1-7H. The van der Waals surface area contributed by atoms with Crippen LogP contribution in [0, 0.1) is 11.6 Å². The second-order valence-corrected chi connectivity index (χ2v) is 4.90. The summed E-state index contributed by atoms with van der Waals surface area (Å²) in [4.78, 5) is -0.551. The number of nitrogens with zero attached hydrogens (tertiary/aromatic N) is 1. The highest BCUT2D eigenvalue weighted by atomic mass is 32.2. The van der Waals surface area contributed by atoms with Gasteiger partial charge in [-0.2, -0.15) is 0 Å². The van der Waals surface area contributed by atoms with Crippen molar-refractivity contribution in [2.24, 2.45) is 0 Å². The fourth-order valence-corrected chi connectivity index (χ4v) is 2.51. The molecule has 0 saturated carbocycles. The molecule has 0 unspecified atom stereocenters. The molecular weight excluding hydrogens is 236 g/mol.